The maximum absolute atomic E-state index is 13.1. The minimum absolute atomic E-state index is 0.0418. The van der Waals surface area contributed by atoms with E-state index >= 15 is 0 Å². The number of nitrogens with one attached hydrogen (secondary N) is 1. The number of rotatable bonds is 7. The van der Waals surface area contributed by atoms with Crippen LogP contribution < -0.4 is 10.1 Å². The molecule has 0 saturated carbocycles. The van der Waals surface area contributed by atoms with Crippen molar-refractivity contribution in [2.24, 2.45) is 0 Å². The molecular formula is C22H20FNO2. The Bertz CT molecular complexity index is 846. The van der Waals surface area contributed by atoms with E-state index in [1.54, 1.807) is 7.11 Å². The SMILES string of the molecule is COc1ccc(N[C@H](CC(=O)c2ccc(F)cc2)c2ccccc2)cc1. The molecule has 0 fully saturated rings. The average Bonchev–Trinajstić information content (AvgIpc) is 2.69. The molecule has 0 aliphatic heterocycles. The van der Waals surface area contributed by atoms with Crippen LogP contribution in [-0.4, -0.2) is 12.9 Å². The highest BCUT2D eigenvalue weighted by Gasteiger charge is 2.17. The molecule has 0 amide bonds. The first kappa shape index (κ1) is 17.7. The van der Waals surface area contributed by atoms with Gasteiger partial charge in [0.15, 0.2) is 5.78 Å². The average molecular weight is 349 g/mol. The van der Waals surface area contributed by atoms with E-state index in [-0.39, 0.29) is 24.1 Å². The van der Waals surface area contributed by atoms with E-state index in [2.05, 4.69) is 5.32 Å². The van der Waals surface area contributed by atoms with Crippen molar-refractivity contribution in [2.75, 3.05) is 12.4 Å². The summed E-state index contributed by atoms with van der Waals surface area (Å²) in [6.45, 7) is 0. The van der Waals surface area contributed by atoms with Crippen molar-refractivity contribution in [3.63, 3.8) is 0 Å². The maximum atomic E-state index is 13.1. The van der Waals surface area contributed by atoms with Crippen molar-refractivity contribution in [2.45, 2.75) is 12.5 Å². The molecule has 0 aliphatic carbocycles. The number of hydrogen-bond donors (Lipinski definition) is 1. The Labute approximate surface area is 152 Å². The van der Waals surface area contributed by atoms with Crippen molar-refractivity contribution < 1.29 is 13.9 Å². The number of carbonyl (C=O) groups is 1. The Morgan fingerprint density at radius 1 is 0.962 bits per heavy atom. The number of hydrogen-bond acceptors (Lipinski definition) is 3. The topological polar surface area (TPSA) is 38.3 Å². The highest BCUT2D eigenvalue weighted by Crippen LogP contribution is 2.25. The predicted octanol–water partition coefficient (Wildman–Crippen LogP) is 5.26. The molecule has 3 aromatic rings. The first-order valence-corrected chi connectivity index (χ1v) is 8.40. The summed E-state index contributed by atoms with van der Waals surface area (Å²) < 4.78 is 18.3. The number of halogens is 1. The number of anilines is 1. The molecular weight excluding hydrogens is 329 g/mol. The zero-order chi connectivity index (χ0) is 18.4. The van der Waals surface area contributed by atoms with E-state index in [1.807, 2.05) is 54.6 Å². The molecule has 0 unspecified atom stereocenters. The fourth-order valence-corrected chi connectivity index (χ4v) is 2.77. The molecule has 4 heteroatoms. The molecule has 0 heterocycles. The Hall–Kier alpha value is -3.14. The van der Waals surface area contributed by atoms with Gasteiger partial charge >= 0.3 is 0 Å². The maximum Gasteiger partial charge on any atom is 0.165 e. The van der Waals surface area contributed by atoms with Crippen LogP contribution >= 0.6 is 0 Å². The van der Waals surface area contributed by atoms with Gasteiger partial charge in [-0.1, -0.05) is 30.3 Å². The van der Waals surface area contributed by atoms with Gasteiger partial charge in [-0.3, -0.25) is 4.79 Å². The third kappa shape index (κ3) is 4.48. The van der Waals surface area contributed by atoms with E-state index in [1.165, 1.54) is 24.3 Å². The van der Waals surface area contributed by atoms with Crippen LogP contribution in [0.1, 0.15) is 28.4 Å². The molecule has 0 spiro atoms. The van der Waals surface area contributed by atoms with Crippen molar-refractivity contribution in [3.8, 4) is 5.75 Å². The third-order valence-corrected chi connectivity index (χ3v) is 4.19. The van der Waals surface area contributed by atoms with Crippen molar-refractivity contribution >= 4 is 11.5 Å². The Balaban J connectivity index is 1.81. The molecule has 26 heavy (non-hydrogen) atoms. The van der Waals surface area contributed by atoms with E-state index < -0.39 is 0 Å². The minimum Gasteiger partial charge on any atom is -0.497 e. The van der Waals surface area contributed by atoms with Gasteiger partial charge in [-0.05, 0) is 54.1 Å². The van der Waals surface area contributed by atoms with Crippen LogP contribution in [-0.2, 0) is 0 Å². The second-order valence-electron chi connectivity index (χ2n) is 5.97. The Morgan fingerprint density at radius 2 is 1.62 bits per heavy atom. The van der Waals surface area contributed by atoms with Gasteiger partial charge in [0.2, 0.25) is 0 Å². The Kier molecular flexibility index (Phi) is 5.64. The van der Waals surface area contributed by atoms with Gasteiger partial charge < -0.3 is 10.1 Å². The van der Waals surface area contributed by atoms with Crippen molar-refractivity contribution in [1.29, 1.82) is 0 Å². The molecule has 3 nitrogen and oxygen atoms in total. The van der Waals surface area contributed by atoms with Gasteiger partial charge in [0.05, 0.1) is 13.2 Å². The fourth-order valence-electron chi connectivity index (χ4n) is 2.77. The molecule has 0 aromatic heterocycles. The number of ether oxygens (including phenoxy) is 1. The molecule has 0 bridgehead atoms. The summed E-state index contributed by atoms with van der Waals surface area (Å²) >= 11 is 0. The number of methoxy groups -OCH3 is 1. The van der Waals surface area contributed by atoms with Crippen molar-refractivity contribution in [1.82, 2.24) is 0 Å². The van der Waals surface area contributed by atoms with Gasteiger partial charge in [0.1, 0.15) is 11.6 Å². The van der Waals surface area contributed by atoms with Crippen LogP contribution in [0.15, 0.2) is 78.9 Å². The third-order valence-electron chi connectivity index (χ3n) is 4.19. The first-order chi connectivity index (χ1) is 12.7. The summed E-state index contributed by atoms with van der Waals surface area (Å²) in [5.74, 6) is 0.381. The second-order valence-corrected chi connectivity index (χ2v) is 5.97. The van der Waals surface area contributed by atoms with E-state index in [0.29, 0.717) is 5.56 Å². The predicted molar refractivity (Wildman–Crippen MR) is 101 cm³/mol. The zero-order valence-corrected chi connectivity index (χ0v) is 14.5. The van der Waals surface area contributed by atoms with Gasteiger partial charge in [-0.2, -0.15) is 0 Å². The quantitative estimate of drug-likeness (QED) is 0.591. The number of benzene rings is 3. The smallest absolute Gasteiger partial charge is 0.165 e. The first-order valence-electron chi connectivity index (χ1n) is 8.40. The highest BCUT2D eigenvalue weighted by molar-refractivity contribution is 5.96. The van der Waals surface area contributed by atoms with Crippen LogP contribution in [0, 0.1) is 5.82 Å². The van der Waals surface area contributed by atoms with Crippen LogP contribution in [0.25, 0.3) is 0 Å². The molecule has 3 aromatic carbocycles. The summed E-state index contributed by atoms with van der Waals surface area (Å²) in [7, 11) is 1.62. The molecule has 0 radical (unpaired) electrons. The monoisotopic (exact) mass is 349 g/mol. The van der Waals surface area contributed by atoms with Crippen molar-refractivity contribution in [3.05, 3.63) is 95.8 Å². The standard InChI is InChI=1S/C22H20FNO2/c1-26-20-13-11-19(12-14-20)24-21(16-5-3-2-4-6-16)15-22(25)17-7-9-18(23)10-8-17/h2-14,21,24H,15H2,1H3/t21-/m1/s1. The summed E-state index contributed by atoms with van der Waals surface area (Å²) in [5, 5.41) is 3.41. The number of Topliss-reactive ketones (excluding diaryl/α,β-unsaturated/α-hetero) is 1. The second kappa shape index (κ2) is 8.30. The molecule has 0 aliphatic rings. The molecule has 132 valence electrons. The Morgan fingerprint density at radius 3 is 2.23 bits per heavy atom. The van der Waals surface area contributed by atoms with Crippen LogP contribution in [0.2, 0.25) is 0 Å². The van der Waals surface area contributed by atoms with Crippen LogP contribution in [0.4, 0.5) is 10.1 Å². The number of carbonyl (C=O) groups excluding carboxylic acids is 1. The zero-order valence-electron chi connectivity index (χ0n) is 14.5. The van der Waals surface area contributed by atoms with E-state index in [4.69, 9.17) is 4.74 Å². The lowest BCUT2D eigenvalue weighted by molar-refractivity contribution is 0.0976. The van der Waals surface area contributed by atoms with Gasteiger partial charge in [0.25, 0.3) is 0 Å². The molecule has 3 rings (SSSR count). The van der Waals surface area contributed by atoms with Crippen LogP contribution in [0.3, 0.4) is 0 Å². The minimum atomic E-state index is -0.350. The summed E-state index contributed by atoms with van der Waals surface area (Å²) in [6.07, 6.45) is 0.266. The normalized spacial score (nSPS) is 11.6. The van der Waals surface area contributed by atoms with Crippen LogP contribution in [0.5, 0.6) is 5.75 Å². The number of ketones is 1. The molecule has 1 N–H and O–H groups in total. The lowest BCUT2D eigenvalue weighted by atomic mass is 9.97. The van der Waals surface area contributed by atoms with E-state index in [9.17, 15) is 9.18 Å². The fraction of sp³-hybridized carbons (Fsp3) is 0.136. The molecule has 0 saturated heterocycles. The summed E-state index contributed by atoms with van der Waals surface area (Å²) in [5.41, 5.74) is 2.41. The largest absolute Gasteiger partial charge is 0.497 e. The van der Waals surface area contributed by atoms with Gasteiger partial charge in [-0.15, -0.1) is 0 Å². The lowest BCUT2D eigenvalue weighted by Gasteiger charge is -2.20. The lowest BCUT2D eigenvalue weighted by Crippen LogP contribution is -2.15. The highest BCUT2D eigenvalue weighted by atomic mass is 19.1. The van der Waals surface area contributed by atoms with Gasteiger partial charge in [0, 0.05) is 17.7 Å². The van der Waals surface area contributed by atoms with E-state index in [0.717, 1.165) is 17.0 Å². The summed E-state index contributed by atoms with van der Waals surface area (Å²) in [6, 6.07) is 22.8. The molecule has 1 atom stereocenters. The summed E-state index contributed by atoms with van der Waals surface area (Å²) in [4.78, 5) is 12.6. The van der Waals surface area contributed by atoms with Gasteiger partial charge in [-0.25, -0.2) is 4.39 Å².